The molecule has 1 aromatic heterocycles. The van der Waals surface area contributed by atoms with E-state index in [0.29, 0.717) is 33.9 Å². The Hall–Kier alpha value is -0.0600. The molecule has 8 nitrogen and oxygen atoms in total. The summed E-state index contributed by atoms with van der Waals surface area (Å²) in [6.07, 6.45) is 5.48. The number of carbonyl (C=O) groups is 1. The Bertz CT molecular complexity index is 907. The number of alkyl halides is 2. The zero-order chi connectivity index (χ0) is 22.9. The molecule has 0 spiro atoms. The molecule has 0 saturated heterocycles. The van der Waals surface area contributed by atoms with Crippen molar-refractivity contribution in [3.8, 4) is 5.75 Å². The molecular formula is C16H18Cl3I2N3O5S. The van der Waals surface area contributed by atoms with E-state index >= 15 is 0 Å². The summed E-state index contributed by atoms with van der Waals surface area (Å²) < 4.78 is 34.1. The molecule has 2 aromatic rings. The van der Waals surface area contributed by atoms with Crippen LogP contribution >= 0.6 is 80.0 Å². The van der Waals surface area contributed by atoms with Crippen molar-refractivity contribution in [3.05, 3.63) is 45.9 Å². The molecule has 0 fully saturated rings. The fourth-order valence-electron chi connectivity index (χ4n) is 2.03. The third-order valence-corrected chi connectivity index (χ3v) is 8.37. The molecule has 30 heavy (non-hydrogen) atoms. The number of benzene rings is 1. The summed E-state index contributed by atoms with van der Waals surface area (Å²) >= 11 is 21.2. The molecule has 14 heteroatoms. The van der Waals surface area contributed by atoms with E-state index in [0.717, 1.165) is 6.42 Å². The molecule has 0 atom stereocenters. The lowest BCUT2D eigenvalue weighted by Crippen LogP contribution is -2.37. The second kappa shape index (κ2) is 13.5. The topological polar surface area (TPSA) is 102 Å². The number of hydrogen-bond acceptors (Lipinski definition) is 5. The average molecular weight is 725 g/mol. The van der Waals surface area contributed by atoms with Crippen LogP contribution in [0.5, 0.6) is 5.75 Å². The van der Waals surface area contributed by atoms with Crippen molar-refractivity contribution < 1.29 is 22.5 Å². The number of rotatable bonds is 7. The number of hydrogen-bond donors (Lipinski definition) is 1. The highest BCUT2D eigenvalue weighted by Gasteiger charge is 2.16. The Balaban J connectivity index is 0.000000553. The van der Waals surface area contributed by atoms with Crippen LogP contribution in [0.1, 0.15) is 13.3 Å². The predicted molar refractivity (Wildman–Crippen MR) is 135 cm³/mol. The van der Waals surface area contributed by atoms with Gasteiger partial charge in [-0.2, -0.15) is 8.42 Å². The molecule has 1 aromatic carbocycles. The van der Waals surface area contributed by atoms with Gasteiger partial charge in [0.1, 0.15) is 12.9 Å². The van der Waals surface area contributed by atoms with E-state index < -0.39 is 11.4 Å². The highest BCUT2D eigenvalue weighted by molar-refractivity contribution is 14.2. The van der Waals surface area contributed by atoms with E-state index in [1.807, 2.05) is 6.92 Å². The van der Waals surface area contributed by atoms with E-state index in [9.17, 15) is 13.2 Å². The van der Waals surface area contributed by atoms with Crippen molar-refractivity contribution in [2.45, 2.75) is 14.6 Å². The van der Waals surface area contributed by atoms with Gasteiger partial charge in [-0.25, -0.2) is 9.78 Å². The molecule has 1 amide bonds. The van der Waals surface area contributed by atoms with E-state index in [1.54, 1.807) is 74.6 Å². The van der Waals surface area contributed by atoms with Crippen LogP contribution in [0.15, 0.2) is 30.9 Å². The first-order chi connectivity index (χ1) is 14.0. The van der Waals surface area contributed by atoms with Crippen molar-refractivity contribution >= 4 is 96.1 Å². The third kappa shape index (κ3) is 9.61. The summed E-state index contributed by atoms with van der Waals surface area (Å²) in [6.45, 7) is 3.28. The molecule has 0 bridgehead atoms. The minimum Gasteiger partial charge on any atom is -0.489 e. The van der Waals surface area contributed by atoms with Gasteiger partial charge < -0.3 is 9.64 Å². The summed E-state index contributed by atoms with van der Waals surface area (Å²) in [6, 6.07) is 2.97. The lowest BCUT2D eigenvalue weighted by atomic mass is 10.3. The largest absolute Gasteiger partial charge is 0.489 e. The Morgan fingerprint density at radius 2 is 1.83 bits per heavy atom. The molecule has 1 heterocycles. The third-order valence-electron chi connectivity index (χ3n) is 3.29. The Kier molecular flexibility index (Phi) is 12.6. The van der Waals surface area contributed by atoms with Crippen molar-refractivity contribution in [1.29, 1.82) is 0 Å². The second-order valence-corrected chi connectivity index (χ2v) is 14.9. The van der Waals surface area contributed by atoms with Crippen molar-refractivity contribution in [1.82, 2.24) is 14.5 Å². The maximum absolute atomic E-state index is 12.3. The molecule has 0 aliphatic heterocycles. The van der Waals surface area contributed by atoms with Crippen LogP contribution in [0.25, 0.3) is 0 Å². The van der Waals surface area contributed by atoms with Gasteiger partial charge in [-0.3, -0.25) is 9.12 Å². The standard InChI is InChI=1S/C15H16Cl3N3O2.CH2I2O3S/c1-2-4-20(15(22)21-5-3-19-10-21)6-7-23-14-12(17)8-11(16)9-13(14)18;2-1(3)7(4,5)6/h3,5,8-10H,2,4,6-7H2,1H3;1H,(H,4,5,6). The minimum atomic E-state index is -3.77. The van der Waals surface area contributed by atoms with Crippen LogP contribution in [0, 0.1) is 0 Å². The van der Waals surface area contributed by atoms with Gasteiger partial charge in [-0.15, -0.1) is 0 Å². The molecule has 1 N–H and O–H groups in total. The smallest absolute Gasteiger partial charge is 0.329 e. The minimum absolute atomic E-state index is 0.152. The highest BCUT2D eigenvalue weighted by atomic mass is 127. The fourth-order valence-corrected chi connectivity index (χ4v) is 2.96. The van der Waals surface area contributed by atoms with E-state index in [-0.39, 0.29) is 12.6 Å². The van der Waals surface area contributed by atoms with Crippen molar-refractivity contribution in [2.24, 2.45) is 0 Å². The van der Waals surface area contributed by atoms with Crippen molar-refractivity contribution in [2.75, 3.05) is 19.7 Å². The maximum atomic E-state index is 12.3. The molecule has 2 rings (SSSR count). The lowest BCUT2D eigenvalue weighted by molar-refractivity contribution is 0.184. The van der Waals surface area contributed by atoms with E-state index in [2.05, 4.69) is 4.98 Å². The van der Waals surface area contributed by atoms with E-state index in [1.165, 1.54) is 10.9 Å². The second-order valence-electron chi connectivity index (χ2n) is 5.56. The molecular weight excluding hydrogens is 706 g/mol. The summed E-state index contributed by atoms with van der Waals surface area (Å²) in [4.78, 5) is 17.9. The van der Waals surface area contributed by atoms with Gasteiger partial charge in [0.2, 0.25) is 0 Å². The Labute approximate surface area is 217 Å². The number of amides is 1. The van der Waals surface area contributed by atoms with Crippen molar-refractivity contribution in [3.63, 3.8) is 0 Å². The maximum Gasteiger partial charge on any atom is 0.329 e. The van der Waals surface area contributed by atoms with Gasteiger partial charge in [0.05, 0.1) is 16.6 Å². The molecule has 168 valence electrons. The number of carbonyl (C=O) groups excluding carboxylic acids is 1. The Morgan fingerprint density at radius 1 is 1.27 bits per heavy atom. The number of nitrogens with zero attached hydrogens (tertiary/aromatic N) is 3. The van der Waals surface area contributed by atoms with Crippen LogP contribution in [-0.4, -0.2) is 54.4 Å². The SMILES string of the molecule is CCCN(CCOc1c(Cl)cc(Cl)cc1Cl)C(=O)n1ccnc1.O=S(=O)(O)C(I)I. The van der Waals surface area contributed by atoms with Crippen LogP contribution in [0.3, 0.4) is 0 Å². The van der Waals surface area contributed by atoms with E-state index in [4.69, 9.17) is 44.1 Å². The first-order valence-corrected chi connectivity index (χ1v) is 13.4. The Morgan fingerprint density at radius 3 is 2.27 bits per heavy atom. The first kappa shape index (κ1) is 28.0. The molecule has 0 aliphatic carbocycles. The highest BCUT2D eigenvalue weighted by Crippen LogP contribution is 2.35. The van der Waals surface area contributed by atoms with Crippen LogP contribution in [0.4, 0.5) is 4.79 Å². The van der Waals surface area contributed by atoms with Gasteiger partial charge >= 0.3 is 6.03 Å². The molecule has 0 aliphatic rings. The zero-order valence-electron chi connectivity index (χ0n) is 15.5. The lowest BCUT2D eigenvalue weighted by Gasteiger charge is -2.22. The van der Waals surface area contributed by atoms with Gasteiger partial charge in [0, 0.05) is 24.0 Å². The summed E-state index contributed by atoms with van der Waals surface area (Å²) in [5, 5.41) is 1.12. The van der Waals surface area contributed by atoms with Gasteiger partial charge in [-0.05, 0) is 18.6 Å². The summed E-state index contributed by atoms with van der Waals surface area (Å²) in [5.41, 5.74) is 0. The van der Waals surface area contributed by atoms with Crippen LogP contribution in [-0.2, 0) is 10.1 Å². The fraction of sp³-hybridized carbons (Fsp3) is 0.375. The van der Waals surface area contributed by atoms with Crippen LogP contribution in [0.2, 0.25) is 15.1 Å². The van der Waals surface area contributed by atoms with Crippen LogP contribution < -0.4 is 4.74 Å². The molecule has 0 radical (unpaired) electrons. The quantitative estimate of drug-likeness (QED) is 0.226. The first-order valence-electron chi connectivity index (χ1n) is 8.26. The summed E-state index contributed by atoms with van der Waals surface area (Å²) in [7, 11) is -3.77. The average Bonchev–Trinajstić information content (AvgIpc) is 3.16. The summed E-state index contributed by atoms with van der Waals surface area (Å²) in [5.74, 6) is 0.365. The normalized spacial score (nSPS) is 11.1. The number of ether oxygens (including phenoxy) is 1. The number of aromatic nitrogens is 2. The predicted octanol–water partition coefficient (Wildman–Crippen LogP) is 5.63. The number of halogens is 5. The van der Waals surface area contributed by atoms with Gasteiger partial charge in [0.15, 0.2) is 7.01 Å². The van der Waals surface area contributed by atoms with Gasteiger partial charge in [-0.1, -0.05) is 86.9 Å². The van der Waals surface area contributed by atoms with Gasteiger partial charge in [0.25, 0.3) is 10.1 Å². The molecule has 0 saturated carbocycles. The monoisotopic (exact) mass is 723 g/mol. The zero-order valence-corrected chi connectivity index (χ0v) is 22.9. The molecule has 0 unspecified atom stereocenters. The number of imidazole rings is 1.